The molecule has 0 unspecified atom stereocenters. The third kappa shape index (κ3) is 4.74. The Kier molecular flexibility index (Phi) is 6.72. The van der Waals surface area contributed by atoms with E-state index >= 15 is 0 Å². The van der Waals surface area contributed by atoms with E-state index in [9.17, 15) is 9.59 Å². The average Bonchev–Trinajstić information content (AvgIpc) is 3.23. The van der Waals surface area contributed by atoms with Crippen LogP contribution in [0.15, 0.2) is 30.3 Å². The molecule has 2 N–H and O–H groups in total. The first kappa shape index (κ1) is 22.5. The summed E-state index contributed by atoms with van der Waals surface area (Å²) in [5.41, 5.74) is 4.71. The van der Waals surface area contributed by atoms with Gasteiger partial charge in [0, 0.05) is 34.8 Å². The molecule has 1 aliphatic rings. The van der Waals surface area contributed by atoms with Crippen LogP contribution in [0.5, 0.6) is 17.2 Å². The zero-order valence-electron chi connectivity index (χ0n) is 19.1. The van der Waals surface area contributed by atoms with Crippen LogP contribution < -0.4 is 19.5 Å². The second-order valence-electron chi connectivity index (χ2n) is 7.92. The fraction of sp³-hybridized carbons (Fsp3) is 0.360. The molecule has 4 rings (SSSR count). The molecule has 0 fully saturated rings. The van der Waals surface area contributed by atoms with E-state index in [1.54, 1.807) is 18.2 Å². The molecule has 33 heavy (non-hydrogen) atoms. The Labute approximate surface area is 192 Å². The van der Waals surface area contributed by atoms with Gasteiger partial charge in [-0.25, -0.2) is 4.79 Å². The molecule has 8 nitrogen and oxygen atoms in total. The first-order chi connectivity index (χ1) is 16.0. The van der Waals surface area contributed by atoms with Gasteiger partial charge in [0.25, 0.3) is 5.91 Å². The highest BCUT2D eigenvalue weighted by atomic mass is 16.5. The molecule has 2 aromatic carbocycles. The van der Waals surface area contributed by atoms with Gasteiger partial charge < -0.3 is 29.2 Å². The summed E-state index contributed by atoms with van der Waals surface area (Å²) in [6.45, 7) is -0.195. The molecule has 8 heteroatoms. The van der Waals surface area contributed by atoms with E-state index in [1.165, 1.54) is 39.0 Å². The number of amides is 1. The van der Waals surface area contributed by atoms with Gasteiger partial charge in [0.05, 0.1) is 26.9 Å². The fourth-order valence-electron chi connectivity index (χ4n) is 4.22. The highest BCUT2D eigenvalue weighted by molar-refractivity contribution is 5.97. The van der Waals surface area contributed by atoms with Gasteiger partial charge >= 0.3 is 5.97 Å². The fourth-order valence-corrected chi connectivity index (χ4v) is 4.22. The highest BCUT2D eigenvalue weighted by Gasteiger charge is 2.18. The van der Waals surface area contributed by atoms with Gasteiger partial charge in [-0.2, -0.15) is 0 Å². The molecule has 1 aliphatic carbocycles. The van der Waals surface area contributed by atoms with E-state index in [-0.39, 0.29) is 13.2 Å². The Balaban J connectivity index is 1.37. The van der Waals surface area contributed by atoms with Crippen molar-refractivity contribution in [3.63, 3.8) is 0 Å². The summed E-state index contributed by atoms with van der Waals surface area (Å²) in [4.78, 5) is 28.3. The smallest absolute Gasteiger partial charge is 0.338 e. The molecule has 0 atom stereocenters. The standard InChI is InChI=1S/C25H28N2O6/c1-30-21-12-23(32-3)22(31-2)11-16(21)13-26-24(28)14-33-25(29)15-8-9-20-18(10-15)17-6-4-5-7-19(17)27-20/h8-12,27H,4-7,13-14H2,1-3H3,(H,26,28). The molecule has 1 heterocycles. The van der Waals surface area contributed by atoms with E-state index in [1.807, 2.05) is 12.1 Å². The molecular formula is C25H28N2O6. The number of rotatable bonds is 8. The van der Waals surface area contributed by atoms with Crippen LogP contribution in [-0.4, -0.2) is 44.8 Å². The Morgan fingerprint density at radius 1 is 0.939 bits per heavy atom. The minimum Gasteiger partial charge on any atom is -0.496 e. The number of esters is 1. The summed E-state index contributed by atoms with van der Waals surface area (Å²) in [5, 5.41) is 3.80. The Morgan fingerprint density at radius 2 is 1.67 bits per heavy atom. The van der Waals surface area contributed by atoms with Gasteiger partial charge in [-0.05, 0) is 55.5 Å². The second-order valence-corrected chi connectivity index (χ2v) is 7.92. The van der Waals surface area contributed by atoms with Crippen LogP contribution in [0, 0.1) is 0 Å². The van der Waals surface area contributed by atoms with Gasteiger partial charge in [-0.3, -0.25) is 4.79 Å². The van der Waals surface area contributed by atoms with Gasteiger partial charge in [0.1, 0.15) is 5.75 Å². The summed E-state index contributed by atoms with van der Waals surface area (Å²) in [5.74, 6) is 0.658. The number of aryl methyl sites for hydroxylation is 2. The van der Waals surface area contributed by atoms with Gasteiger partial charge in [-0.1, -0.05) is 0 Å². The van der Waals surface area contributed by atoms with Crippen LogP contribution in [0.2, 0.25) is 0 Å². The molecule has 0 saturated carbocycles. The maximum Gasteiger partial charge on any atom is 0.338 e. The number of carbonyl (C=O) groups is 2. The molecular weight excluding hydrogens is 424 g/mol. The topological polar surface area (TPSA) is 98.9 Å². The molecule has 0 saturated heterocycles. The van der Waals surface area contributed by atoms with Crippen LogP contribution in [0.1, 0.15) is 40.0 Å². The number of aromatic nitrogens is 1. The zero-order chi connectivity index (χ0) is 23.4. The number of hydrogen-bond acceptors (Lipinski definition) is 6. The minimum atomic E-state index is -0.526. The summed E-state index contributed by atoms with van der Waals surface area (Å²) in [7, 11) is 4.61. The lowest BCUT2D eigenvalue weighted by atomic mass is 9.95. The van der Waals surface area contributed by atoms with Crippen LogP contribution in [-0.2, 0) is 28.9 Å². The van der Waals surface area contributed by atoms with Crippen molar-refractivity contribution in [2.45, 2.75) is 32.2 Å². The second kappa shape index (κ2) is 9.85. The van der Waals surface area contributed by atoms with E-state index in [0.717, 1.165) is 30.2 Å². The molecule has 1 aromatic heterocycles. The molecule has 1 amide bonds. The lowest BCUT2D eigenvalue weighted by Gasteiger charge is -2.14. The summed E-state index contributed by atoms with van der Waals surface area (Å²) < 4.78 is 21.2. The van der Waals surface area contributed by atoms with E-state index < -0.39 is 11.9 Å². The predicted octanol–water partition coefficient (Wildman–Crippen LogP) is 3.55. The molecule has 0 aliphatic heterocycles. The van der Waals surface area contributed by atoms with E-state index in [0.29, 0.717) is 28.4 Å². The lowest BCUT2D eigenvalue weighted by molar-refractivity contribution is -0.124. The maximum absolute atomic E-state index is 12.5. The highest BCUT2D eigenvalue weighted by Crippen LogP contribution is 2.34. The van der Waals surface area contributed by atoms with Crippen molar-refractivity contribution in [2.24, 2.45) is 0 Å². The summed E-state index contributed by atoms with van der Waals surface area (Å²) in [6, 6.07) is 8.89. The normalized spacial score (nSPS) is 12.7. The zero-order valence-corrected chi connectivity index (χ0v) is 19.1. The quantitative estimate of drug-likeness (QED) is 0.507. The van der Waals surface area contributed by atoms with E-state index in [4.69, 9.17) is 18.9 Å². The minimum absolute atomic E-state index is 0.182. The van der Waals surface area contributed by atoms with Gasteiger partial charge in [0.2, 0.25) is 0 Å². The lowest BCUT2D eigenvalue weighted by Crippen LogP contribution is -2.28. The molecule has 0 spiro atoms. The number of hydrogen-bond donors (Lipinski definition) is 2. The van der Waals surface area contributed by atoms with Crippen molar-refractivity contribution < 1.29 is 28.5 Å². The summed E-state index contributed by atoms with van der Waals surface area (Å²) in [6.07, 6.45) is 4.38. The first-order valence-electron chi connectivity index (χ1n) is 10.9. The number of methoxy groups -OCH3 is 3. The molecule has 174 valence electrons. The number of carbonyl (C=O) groups excluding carboxylic acids is 2. The van der Waals surface area contributed by atoms with Crippen molar-refractivity contribution in [3.8, 4) is 17.2 Å². The van der Waals surface area contributed by atoms with Crippen molar-refractivity contribution in [1.29, 1.82) is 0 Å². The number of aromatic amines is 1. The van der Waals surface area contributed by atoms with Crippen molar-refractivity contribution >= 4 is 22.8 Å². The van der Waals surface area contributed by atoms with Crippen LogP contribution in [0.3, 0.4) is 0 Å². The average molecular weight is 453 g/mol. The number of H-pyrrole nitrogens is 1. The number of fused-ring (bicyclic) bond motifs is 3. The number of benzene rings is 2. The maximum atomic E-state index is 12.5. The Bertz CT molecular complexity index is 1180. The van der Waals surface area contributed by atoms with Crippen molar-refractivity contribution in [2.75, 3.05) is 27.9 Å². The van der Waals surface area contributed by atoms with Crippen LogP contribution in [0.25, 0.3) is 10.9 Å². The first-order valence-corrected chi connectivity index (χ1v) is 10.9. The van der Waals surface area contributed by atoms with Gasteiger partial charge in [-0.15, -0.1) is 0 Å². The summed E-state index contributed by atoms with van der Waals surface area (Å²) >= 11 is 0. The van der Waals surface area contributed by atoms with Crippen molar-refractivity contribution in [3.05, 3.63) is 52.7 Å². The molecule has 0 radical (unpaired) electrons. The van der Waals surface area contributed by atoms with Crippen LogP contribution >= 0.6 is 0 Å². The third-order valence-corrected chi connectivity index (χ3v) is 5.93. The van der Waals surface area contributed by atoms with Crippen LogP contribution in [0.4, 0.5) is 0 Å². The molecule has 3 aromatic rings. The Morgan fingerprint density at radius 3 is 2.42 bits per heavy atom. The van der Waals surface area contributed by atoms with Gasteiger partial charge in [0.15, 0.2) is 18.1 Å². The monoisotopic (exact) mass is 452 g/mol. The largest absolute Gasteiger partial charge is 0.496 e. The number of nitrogens with one attached hydrogen (secondary N) is 2. The van der Waals surface area contributed by atoms with Crippen molar-refractivity contribution in [1.82, 2.24) is 10.3 Å². The Hall–Kier alpha value is -3.68. The number of ether oxygens (including phenoxy) is 4. The van der Waals surface area contributed by atoms with E-state index in [2.05, 4.69) is 10.3 Å². The predicted molar refractivity (Wildman–Crippen MR) is 123 cm³/mol. The molecule has 0 bridgehead atoms. The third-order valence-electron chi connectivity index (χ3n) is 5.93. The SMILES string of the molecule is COc1cc(OC)c(OC)cc1CNC(=O)COC(=O)c1ccc2[nH]c3c(c2c1)CCCC3.